The third-order valence-electron chi connectivity index (χ3n) is 7.57. The number of aromatic nitrogens is 2. The molecule has 3 aromatic carbocycles. The number of nitrogens with zero attached hydrogens (tertiary/aromatic N) is 3. The van der Waals surface area contributed by atoms with E-state index in [9.17, 15) is 27.2 Å². The molecule has 0 spiro atoms. The minimum absolute atomic E-state index is 0.0424. The maximum atomic E-state index is 14.5. The molecule has 6 nitrogen and oxygen atoms in total. The number of hydrogen-bond acceptors (Lipinski definition) is 4. The lowest BCUT2D eigenvalue weighted by Gasteiger charge is -2.30. The number of Topliss-reactive ketones (excluding diaryl/α,β-unsaturated/α-hetero) is 1. The number of hydrogen-bond donors (Lipinski definition) is 0. The Hall–Kier alpha value is -4.47. The van der Waals surface area contributed by atoms with E-state index in [1.54, 1.807) is 70.5 Å². The van der Waals surface area contributed by atoms with Gasteiger partial charge in [0.1, 0.15) is 11.6 Å². The Morgan fingerprint density at radius 3 is 1.96 bits per heavy atom. The summed E-state index contributed by atoms with van der Waals surface area (Å²) in [4.78, 5) is 30.7. The Morgan fingerprint density at radius 1 is 0.848 bits per heavy atom. The lowest BCUT2D eigenvalue weighted by molar-refractivity contribution is -0.189. The van der Waals surface area contributed by atoms with Crippen LogP contribution in [0.3, 0.4) is 0 Å². The fourth-order valence-electron chi connectivity index (χ4n) is 5.11. The number of carbonyl (C=O) groups excluding carboxylic acids is 2. The van der Waals surface area contributed by atoms with Crippen molar-refractivity contribution >= 4 is 11.8 Å². The van der Waals surface area contributed by atoms with Crippen molar-refractivity contribution in [3.05, 3.63) is 118 Å². The van der Waals surface area contributed by atoms with Gasteiger partial charge in [0.2, 0.25) is 5.62 Å². The van der Waals surface area contributed by atoms with Crippen LogP contribution in [0.1, 0.15) is 79.8 Å². The fraction of sp³-hybridized carbons (Fsp3) is 0.361. The largest absolute Gasteiger partial charge is 0.491 e. The first-order valence-corrected chi connectivity index (χ1v) is 14.9. The predicted octanol–water partition coefficient (Wildman–Crippen LogP) is 7.83. The van der Waals surface area contributed by atoms with Crippen LogP contribution >= 0.6 is 0 Å². The van der Waals surface area contributed by atoms with Crippen molar-refractivity contribution in [2.24, 2.45) is 4.99 Å². The van der Waals surface area contributed by atoms with Gasteiger partial charge >= 0.3 is 12.1 Å². The van der Waals surface area contributed by atoms with E-state index in [-0.39, 0.29) is 36.0 Å². The SMILES string of the molecule is Cc1cn(CC(=O)c2cc(C(C)(C)C)c(OC(=O)C(F)(F)F)c(C(C)(C)C)c2)c(=NCc2ccccc2F)n1Cc1ccccc1. The van der Waals surface area contributed by atoms with Gasteiger partial charge in [0.15, 0.2) is 5.78 Å². The minimum atomic E-state index is -5.19. The normalized spacial score (nSPS) is 12.8. The second kappa shape index (κ2) is 13.1. The van der Waals surface area contributed by atoms with Crippen molar-refractivity contribution in [3.63, 3.8) is 0 Å². The summed E-state index contributed by atoms with van der Waals surface area (Å²) >= 11 is 0. The van der Waals surface area contributed by atoms with Gasteiger partial charge in [-0.3, -0.25) is 4.79 Å². The Balaban J connectivity index is 1.83. The second-order valence-corrected chi connectivity index (χ2v) is 13.4. The lowest BCUT2D eigenvalue weighted by Crippen LogP contribution is -2.31. The first-order valence-electron chi connectivity index (χ1n) is 14.9. The molecule has 0 saturated carbocycles. The highest BCUT2D eigenvalue weighted by atomic mass is 19.4. The molecule has 10 heteroatoms. The molecule has 0 aliphatic rings. The van der Waals surface area contributed by atoms with E-state index in [0.29, 0.717) is 28.9 Å². The van der Waals surface area contributed by atoms with Gasteiger partial charge in [-0.05, 0) is 41.5 Å². The molecule has 0 amide bonds. The molecule has 0 fully saturated rings. The Kier molecular flexibility index (Phi) is 9.80. The highest BCUT2D eigenvalue weighted by Gasteiger charge is 2.43. The number of ether oxygens (including phenoxy) is 1. The topological polar surface area (TPSA) is 65.6 Å². The molecule has 4 aromatic rings. The van der Waals surface area contributed by atoms with E-state index in [4.69, 9.17) is 9.73 Å². The number of aryl methyl sites for hydroxylation is 1. The standard InChI is InChI=1S/C36H39F4N3O3/c1-23-20-42(33(41-19-25-15-11-12-16-29(25)37)43(23)21-24-13-9-8-10-14-24)22-30(44)26-17-27(34(2,3)4)31(28(18-26)35(5,6)7)46-32(45)36(38,39)40/h8-18,20H,19,21-22H2,1-7H3. The van der Waals surface area contributed by atoms with Crippen LogP contribution < -0.4 is 10.4 Å². The van der Waals surface area contributed by atoms with Gasteiger partial charge in [-0.25, -0.2) is 14.2 Å². The molecule has 0 saturated heterocycles. The minimum Gasteiger partial charge on any atom is -0.419 e. The van der Waals surface area contributed by atoms with Gasteiger partial charge in [0.25, 0.3) is 0 Å². The average Bonchev–Trinajstić information content (AvgIpc) is 3.24. The third-order valence-corrected chi connectivity index (χ3v) is 7.57. The number of halogens is 4. The number of benzene rings is 3. The van der Waals surface area contributed by atoms with Crippen LogP contribution in [0.15, 0.2) is 77.9 Å². The summed E-state index contributed by atoms with van der Waals surface area (Å²) in [5.74, 6) is -3.23. The summed E-state index contributed by atoms with van der Waals surface area (Å²) in [6.07, 6.45) is -3.39. The number of imidazole rings is 1. The van der Waals surface area contributed by atoms with Crippen molar-refractivity contribution in [1.29, 1.82) is 0 Å². The zero-order valence-electron chi connectivity index (χ0n) is 27.1. The van der Waals surface area contributed by atoms with Crippen LogP contribution in [0.5, 0.6) is 5.75 Å². The smallest absolute Gasteiger partial charge is 0.419 e. The van der Waals surface area contributed by atoms with Crippen molar-refractivity contribution in [2.45, 2.75) is 85.1 Å². The number of ketones is 1. The Morgan fingerprint density at radius 2 is 1.41 bits per heavy atom. The molecule has 1 aromatic heterocycles. The zero-order chi connectivity index (χ0) is 34.0. The van der Waals surface area contributed by atoms with Crippen LogP contribution in [0.25, 0.3) is 0 Å². The monoisotopic (exact) mass is 637 g/mol. The molecule has 46 heavy (non-hydrogen) atoms. The lowest BCUT2D eigenvalue weighted by atomic mass is 9.78. The van der Waals surface area contributed by atoms with Gasteiger partial charge in [0.05, 0.1) is 19.6 Å². The first kappa shape index (κ1) is 34.4. The summed E-state index contributed by atoms with van der Waals surface area (Å²) in [6.45, 7) is 12.9. The maximum absolute atomic E-state index is 14.5. The highest BCUT2D eigenvalue weighted by Crippen LogP contribution is 2.41. The molecule has 0 N–H and O–H groups in total. The average molecular weight is 638 g/mol. The molecule has 0 bridgehead atoms. The third kappa shape index (κ3) is 8.02. The summed E-state index contributed by atoms with van der Waals surface area (Å²) in [5, 5.41) is 0. The number of rotatable bonds is 8. The summed E-state index contributed by atoms with van der Waals surface area (Å²) in [7, 11) is 0. The van der Waals surface area contributed by atoms with Gasteiger partial charge < -0.3 is 13.9 Å². The van der Waals surface area contributed by atoms with Crippen LogP contribution in [0.4, 0.5) is 17.6 Å². The maximum Gasteiger partial charge on any atom is 0.491 e. The van der Waals surface area contributed by atoms with Gasteiger partial charge in [0, 0.05) is 34.1 Å². The van der Waals surface area contributed by atoms with Gasteiger partial charge in [-0.15, -0.1) is 0 Å². The van der Waals surface area contributed by atoms with Crippen molar-refractivity contribution in [2.75, 3.05) is 0 Å². The highest BCUT2D eigenvalue weighted by molar-refractivity contribution is 5.97. The predicted molar refractivity (Wildman–Crippen MR) is 168 cm³/mol. The Bertz CT molecular complexity index is 1770. The van der Waals surface area contributed by atoms with E-state index >= 15 is 0 Å². The van der Waals surface area contributed by atoms with E-state index in [1.165, 1.54) is 18.2 Å². The van der Waals surface area contributed by atoms with E-state index < -0.39 is 23.0 Å². The van der Waals surface area contributed by atoms with Crippen molar-refractivity contribution in [1.82, 2.24) is 9.13 Å². The quantitative estimate of drug-likeness (QED) is 0.0856. The molecule has 1 heterocycles. The molecule has 0 radical (unpaired) electrons. The van der Waals surface area contributed by atoms with Crippen LogP contribution in [-0.4, -0.2) is 27.1 Å². The number of alkyl halides is 3. The van der Waals surface area contributed by atoms with Crippen LogP contribution in [-0.2, 0) is 35.3 Å². The molecule has 0 unspecified atom stereocenters. The molecule has 0 aliphatic heterocycles. The van der Waals surface area contributed by atoms with Crippen molar-refractivity contribution < 1.29 is 31.9 Å². The molecule has 244 valence electrons. The van der Waals surface area contributed by atoms with Crippen LogP contribution in [0.2, 0.25) is 0 Å². The molecular formula is C36H39F4N3O3. The molecule has 0 atom stereocenters. The van der Waals surface area contributed by atoms with E-state index in [2.05, 4.69) is 0 Å². The van der Waals surface area contributed by atoms with E-state index in [0.717, 1.165) is 11.3 Å². The second-order valence-electron chi connectivity index (χ2n) is 13.4. The number of carbonyl (C=O) groups is 2. The van der Waals surface area contributed by atoms with Crippen molar-refractivity contribution in [3.8, 4) is 5.75 Å². The molecule has 0 aliphatic carbocycles. The molecule has 4 rings (SSSR count). The Labute approximate surface area is 266 Å². The summed E-state index contributed by atoms with van der Waals surface area (Å²) in [6, 6.07) is 19.1. The fourth-order valence-corrected chi connectivity index (χ4v) is 5.11. The summed E-state index contributed by atoms with van der Waals surface area (Å²) < 4.78 is 63.0. The number of esters is 1. The van der Waals surface area contributed by atoms with Crippen LogP contribution in [0, 0.1) is 12.7 Å². The molecular weight excluding hydrogens is 598 g/mol. The van der Waals surface area contributed by atoms with E-state index in [1.807, 2.05) is 41.8 Å². The van der Waals surface area contributed by atoms with Gasteiger partial charge in [-0.2, -0.15) is 13.2 Å². The first-order chi connectivity index (χ1) is 21.4. The summed E-state index contributed by atoms with van der Waals surface area (Å²) in [5.41, 5.74) is 1.99. The zero-order valence-corrected chi connectivity index (χ0v) is 27.1. The van der Waals surface area contributed by atoms with Gasteiger partial charge in [-0.1, -0.05) is 90.1 Å².